The molecule has 28 heavy (non-hydrogen) atoms. The molecule has 0 radical (unpaired) electrons. The van der Waals surface area contributed by atoms with Gasteiger partial charge in [-0.05, 0) is 55.5 Å². The van der Waals surface area contributed by atoms with E-state index in [0.29, 0.717) is 13.2 Å². The number of hydrogen-bond donors (Lipinski definition) is 1. The second-order valence-corrected chi connectivity index (χ2v) is 7.33. The summed E-state index contributed by atoms with van der Waals surface area (Å²) >= 11 is 0. The monoisotopic (exact) mass is 379 g/mol. The standard InChI is InChI=1S/C24H29NO3/c26-24(27)14-16-25-15-4-8-22(19-25)18-21-10-12-23(13-11-21)28-17-5-9-20-6-2-1-3-7-20/h1-3,6-7,10-13,18H,4-5,8-9,14-17,19H2,(H,26,27)/b22-18+. The van der Waals surface area contributed by atoms with Crippen LogP contribution >= 0.6 is 0 Å². The summed E-state index contributed by atoms with van der Waals surface area (Å²) in [5, 5.41) is 8.85. The number of aliphatic carboxylic acids is 1. The number of hydrogen-bond acceptors (Lipinski definition) is 3. The summed E-state index contributed by atoms with van der Waals surface area (Å²) in [6, 6.07) is 18.7. The third kappa shape index (κ3) is 6.86. The first-order valence-corrected chi connectivity index (χ1v) is 10.1. The zero-order valence-corrected chi connectivity index (χ0v) is 16.3. The van der Waals surface area contributed by atoms with Gasteiger partial charge in [0.15, 0.2) is 0 Å². The molecule has 0 bridgehead atoms. The Kier molecular flexibility index (Phi) is 7.68. The molecule has 3 rings (SSSR count). The van der Waals surface area contributed by atoms with E-state index >= 15 is 0 Å². The normalized spacial score (nSPS) is 16.2. The largest absolute Gasteiger partial charge is 0.494 e. The van der Waals surface area contributed by atoms with Crippen molar-refractivity contribution in [3.63, 3.8) is 0 Å². The first kappa shape index (κ1) is 20.2. The predicted molar refractivity (Wildman–Crippen MR) is 113 cm³/mol. The smallest absolute Gasteiger partial charge is 0.304 e. The van der Waals surface area contributed by atoms with Crippen molar-refractivity contribution in [2.24, 2.45) is 0 Å². The van der Waals surface area contributed by atoms with Crippen LogP contribution < -0.4 is 4.74 Å². The van der Waals surface area contributed by atoms with E-state index in [0.717, 1.165) is 44.5 Å². The maximum Gasteiger partial charge on any atom is 0.304 e. The third-order valence-electron chi connectivity index (χ3n) is 5.01. The van der Waals surface area contributed by atoms with Gasteiger partial charge in [0.05, 0.1) is 13.0 Å². The van der Waals surface area contributed by atoms with Crippen molar-refractivity contribution in [3.8, 4) is 5.75 Å². The number of benzene rings is 2. The summed E-state index contributed by atoms with van der Waals surface area (Å²) in [5.74, 6) is 0.178. The van der Waals surface area contributed by atoms with Crippen molar-refractivity contribution >= 4 is 12.0 Å². The maximum atomic E-state index is 10.8. The number of carboxylic acid groups (broad SMARTS) is 1. The van der Waals surface area contributed by atoms with Crippen molar-refractivity contribution < 1.29 is 14.6 Å². The first-order valence-electron chi connectivity index (χ1n) is 10.1. The molecule has 1 heterocycles. The van der Waals surface area contributed by atoms with Gasteiger partial charge in [0.2, 0.25) is 0 Å². The lowest BCUT2D eigenvalue weighted by Gasteiger charge is -2.28. The minimum absolute atomic E-state index is 0.212. The van der Waals surface area contributed by atoms with E-state index in [1.54, 1.807) is 0 Å². The van der Waals surface area contributed by atoms with Crippen molar-refractivity contribution in [2.75, 3.05) is 26.2 Å². The van der Waals surface area contributed by atoms with E-state index in [2.05, 4.69) is 47.4 Å². The molecule has 0 unspecified atom stereocenters. The highest BCUT2D eigenvalue weighted by molar-refractivity contribution is 5.66. The number of carbonyl (C=O) groups is 1. The number of likely N-dealkylation sites (tertiary alicyclic amines) is 1. The van der Waals surface area contributed by atoms with Crippen LogP contribution in [0.15, 0.2) is 60.2 Å². The van der Waals surface area contributed by atoms with Gasteiger partial charge in [0.25, 0.3) is 0 Å². The van der Waals surface area contributed by atoms with Gasteiger partial charge in [0, 0.05) is 13.1 Å². The second-order valence-electron chi connectivity index (χ2n) is 7.33. The van der Waals surface area contributed by atoms with Crippen LogP contribution in [0.3, 0.4) is 0 Å². The Labute approximate surface area is 167 Å². The van der Waals surface area contributed by atoms with Gasteiger partial charge >= 0.3 is 5.97 Å². The fourth-order valence-corrected chi connectivity index (χ4v) is 3.54. The molecule has 0 amide bonds. The zero-order chi connectivity index (χ0) is 19.6. The molecule has 0 aliphatic carbocycles. The zero-order valence-electron chi connectivity index (χ0n) is 16.3. The SMILES string of the molecule is O=C(O)CCN1CCC/C(=C\c2ccc(OCCCc3ccccc3)cc2)C1. The highest BCUT2D eigenvalue weighted by atomic mass is 16.5. The lowest BCUT2D eigenvalue weighted by atomic mass is 10.0. The quantitative estimate of drug-likeness (QED) is 0.644. The molecule has 148 valence electrons. The Balaban J connectivity index is 1.44. The molecule has 1 N–H and O–H groups in total. The van der Waals surface area contributed by atoms with Crippen LogP contribution in [-0.2, 0) is 11.2 Å². The molecule has 1 saturated heterocycles. The predicted octanol–water partition coefficient (Wildman–Crippen LogP) is 4.65. The van der Waals surface area contributed by atoms with Gasteiger partial charge in [-0.1, -0.05) is 54.1 Å². The van der Waals surface area contributed by atoms with Crippen LogP contribution in [0.25, 0.3) is 6.08 Å². The number of rotatable bonds is 9. The average Bonchev–Trinajstić information content (AvgIpc) is 2.72. The summed E-state index contributed by atoms with van der Waals surface area (Å²) in [7, 11) is 0. The highest BCUT2D eigenvalue weighted by Gasteiger charge is 2.15. The van der Waals surface area contributed by atoms with Crippen molar-refractivity contribution in [1.29, 1.82) is 0 Å². The molecule has 2 aromatic rings. The average molecular weight is 380 g/mol. The molecular formula is C24H29NO3. The van der Waals surface area contributed by atoms with Crippen LogP contribution in [-0.4, -0.2) is 42.2 Å². The minimum Gasteiger partial charge on any atom is -0.494 e. The third-order valence-corrected chi connectivity index (χ3v) is 5.01. The van der Waals surface area contributed by atoms with E-state index in [9.17, 15) is 4.79 Å². The summed E-state index contributed by atoms with van der Waals surface area (Å²) in [5.41, 5.74) is 3.89. The van der Waals surface area contributed by atoms with Crippen LogP contribution in [0, 0.1) is 0 Å². The highest BCUT2D eigenvalue weighted by Crippen LogP contribution is 2.20. The molecule has 0 saturated carbocycles. The first-order chi connectivity index (χ1) is 13.7. The van der Waals surface area contributed by atoms with E-state index in [-0.39, 0.29) is 6.42 Å². The maximum absolute atomic E-state index is 10.8. The van der Waals surface area contributed by atoms with Gasteiger partial charge in [-0.25, -0.2) is 0 Å². The molecule has 1 aliphatic rings. The Hall–Kier alpha value is -2.59. The Morgan fingerprint density at radius 3 is 2.64 bits per heavy atom. The number of carboxylic acids is 1. The van der Waals surface area contributed by atoms with Gasteiger partial charge in [0.1, 0.15) is 5.75 Å². The molecule has 1 fully saturated rings. The molecule has 4 heteroatoms. The molecule has 0 atom stereocenters. The Morgan fingerprint density at radius 2 is 1.89 bits per heavy atom. The van der Waals surface area contributed by atoms with Crippen LogP contribution in [0.4, 0.5) is 0 Å². The molecule has 4 nitrogen and oxygen atoms in total. The van der Waals surface area contributed by atoms with Gasteiger partial charge < -0.3 is 9.84 Å². The lowest BCUT2D eigenvalue weighted by Crippen LogP contribution is -2.33. The summed E-state index contributed by atoms with van der Waals surface area (Å²) in [4.78, 5) is 13.0. The Bertz CT molecular complexity index is 768. The van der Waals surface area contributed by atoms with Gasteiger partial charge in [-0.15, -0.1) is 0 Å². The van der Waals surface area contributed by atoms with Gasteiger partial charge in [-0.3, -0.25) is 9.69 Å². The van der Waals surface area contributed by atoms with E-state index in [1.807, 2.05) is 18.2 Å². The summed E-state index contributed by atoms with van der Waals surface area (Å²) < 4.78 is 5.86. The summed E-state index contributed by atoms with van der Waals surface area (Å²) in [6.07, 6.45) is 6.65. The molecule has 0 spiro atoms. The molecule has 2 aromatic carbocycles. The molecular weight excluding hydrogens is 350 g/mol. The minimum atomic E-state index is -0.726. The van der Waals surface area contributed by atoms with Crippen LogP contribution in [0.1, 0.15) is 36.8 Å². The summed E-state index contributed by atoms with van der Waals surface area (Å²) in [6.45, 7) is 3.20. The number of aryl methyl sites for hydroxylation is 1. The van der Waals surface area contributed by atoms with E-state index < -0.39 is 5.97 Å². The Morgan fingerprint density at radius 1 is 1.11 bits per heavy atom. The number of nitrogens with zero attached hydrogens (tertiary/aromatic N) is 1. The lowest BCUT2D eigenvalue weighted by molar-refractivity contribution is -0.137. The van der Waals surface area contributed by atoms with Crippen molar-refractivity contribution in [2.45, 2.75) is 32.1 Å². The van der Waals surface area contributed by atoms with E-state index in [4.69, 9.17) is 9.84 Å². The van der Waals surface area contributed by atoms with Crippen molar-refractivity contribution in [1.82, 2.24) is 4.90 Å². The fraction of sp³-hybridized carbons (Fsp3) is 0.375. The van der Waals surface area contributed by atoms with E-state index in [1.165, 1.54) is 16.7 Å². The van der Waals surface area contributed by atoms with Crippen molar-refractivity contribution in [3.05, 3.63) is 71.3 Å². The topological polar surface area (TPSA) is 49.8 Å². The van der Waals surface area contributed by atoms with Gasteiger partial charge in [-0.2, -0.15) is 0 Å². The molecule has 0 aromatic heterocycles. The number of ether oxygens (including phenoxy) is 1. The van der Waals surface area contributed by atoms with Crippen LogP contribution in [0.5, 0.6) is 5.75 Å². The second kappa shape index (κ2) is 10.7. The number of piperidine rings is 1. The van der Waals surface area contributed by atoms with Crippen LogP contribution in [0.2, 0.25) is 0 Å². The molecule has 1 aliphatic heterocycles. The fourth-order valence-electron chi connectivity index (χ4n) is 3.54.